The maximum Gasteiger partial charge on any atom is 0.291 e. The first kappa shape index (κ1) is 13.9. The number of hydrogen-bond acceptors (Lipinski definition) is 3. The van der Waals surface area contributed by atoms with E-state index in [2.05, 4.69) is 26.6 Å². The van der Waals surface area contributed by atoms with E-state index >= 15 is 0 Å². The summed E-state index contributed by atoms with van der Waals surface area (Å²) in [7, 11) is 0. The molecule has 5 nitrogen and oxygen atoms in total. The van der Waals surface area contributed by atoms with Crippen LogP contribution in [0.25, 0.3) is 0 Å². The number of furan rings is 1. The summed E-state index contributed by atoms with van der Waals surface area (Å²) in [4.78, 5) is 23.7. The highest BCUT2D eigenvalue weighted by molar-refractivity contribution is 9.10. The van der Waals surface area contributed by atoms with Gasteiger partial charge in [-0.15, -0.1) is 0 Å². The molecule has 0 spiro atoms. The van der Waals surface area contributed by atoms with Crippen molar-refractivity contribution in [3.05, 3.63) is 52.4 Å². The Labute approximate surface area is 129 Å². The lowest BCUT2D eigenvalue weighted by molar-refractivity contribution is 0.0950. The molecule has 0 radical (unpaired) electrons. The summed E-state index contributed by atoms with van der Waals surface area (Å²) in [5, 5.41) is 5.62. The molecule has 108 valence electrons. The summed E-state index contributed by atoms with van der Waals surface area (Å²) in [5.41, 5.74) is 1.19. The minimum atomic E-state index is -0.337. The van der Waals surface area contributed by atoms with Gasteiger partial charge in [-0.05, 0) is 65.2 Å². The van der Waals surface area contributed by atoms with Gasteiger partial charge in [0.1, 0.15) is 0 Å². The largest absolute Gasteiger partial charge is 0.444 e. The lowest BCUT2D eigenvalue weighted by Gasteiger charge is -2.06. The van der Waals surface area contributed by atoms with Gasteiger partial charge in [0.15, 0.2) is 10.4 Å². The number of rotatable bonds is 4. The normalized spacial score (nSPS) is 13.8. The second-order valence-electron chi connectivity index (χ2n) is 4.88. The molecule has 1 aromatic carbocycles. The summed E-state index contributed by atoms with van der Waals surface area (Å²) in [6.45, 7) is 0. The minimum absolute atomic E-state index is 0.0784. The summed E-state index contributed by atoms with van der Waals surface area (Å²) >= 11 is 3.14. The zero-order chi connectivity index (χ0) is 14.8. The van der Waals surface area contributed by atoms with Crippen molar-refractivity contribution in [1.29, 1.82) is 0 Å². The van der Waals surface area contributed by atoms with Crippen LogP contribution in [-0.2, 0) is 0 Å². The molecule has 2 amide bonds. The molecule has 0 aliphatic heterocycles. The molecule has 0 atom stereocenters. The van der Waals surface area contributed by atoms with Crippen LogP contribution in [0.5, 0.6) is 0 Å². The van der Waals surface area contributed by atoms with E-state index in [1.807, 2.05) is 0 Å². The highest BCUT2D eigenvalue weighted by Crippen LogP contribution is 2.20. The molecular weight excluding hydrogens is 336 g/mol. The van der Waals surface area contributed by atoms with Gasteiger partial charge >= 0.3 is 0 Å². The monoisotopic (exact) mass is 348 g/mol. The first-order valence-electron chi connectivity index (χ1n) is 6.59. The fraction of sp³-hybridized carbons (Fsp3) is 0.200. The van der Waals surface area contributed by atoms with Gasteiger partial charge < -0.3 is 15.1 Å². The minimum Gasteiger partial charge on any atom is -0.444 e. The van der Waals surface area contributed by atoms with Crippen LogP contribution in [0.1, 0.15) is 33.8 Å². The third-order valence-corrected chi connectivity index (χ3v) is 3.54. The Hall–Kier alpha value is -2.08. The molecule has 2 N–H and O–H groups in total. The molecule has 0 unspecified atom stereocenters. The second kappa shape index (κ2) is 5.73. The zero-order valence-electron chi connectivity index (χ0n) is 11.1. The number of amides is 2. The van der Waals surface area contributed by atoms with Crippen LogP contribution in [0.2, 0.25) is 0 Å². The number of anilines is 1. The third kappa shape index (κ3) is 3.52. The van der Waals surface area contributed by atoms with Gasteiger partial charge in [-0.25, -0.2) is 0 Å². The Morgan fingerprint density at radius 3 is 2.33 bits per heavy atom. The number of nitrogens with one attached hydrogen (secondary N) is 2. The highest BCUT2D eigenvalue weighted by atomic mass is 79.9. The van der Waals surface area contributed by atoms with Crippen LogP contribution in [0.4, 0.5) is 5.69 Å². The summed E-state index contributed by atoms with van der Waals surface area (Å²) in [6.07, 6.45) is 2.11. The van der Waals surface area contributed by atoms with Crippen molar-refractivity contribution in [3.63, 3.8) is 0 Å². The molecule has 1 aliphatic rings. The molecule has 0 bridgehead atoms. The van der Waals surface area contributed by atoms with Crippen molar-refractivity contribution in [2.75, 3.05) is 5.32 Å². The number of hydrogen-bond donors (Lipinski definition) is 2. The molecule has 0 saturated heterocycles. The van der Waals surface area contributed by atoms with Crippen LogP contribution < -0.4 is 10.6 Å². The van der Waals surface area contributed by atoms with E-state index in [0.29, 0.717) is 22.0 Å². The predicted molar refractivity (Wildman–Crippen MR) is 81.3 cm³/mol. The van der Waals surface area contributed by atoms with Crippen LogP contribution in [0, 0.1) is 0 Å². The van der Waals surface area contributed by atoms with Crippen molar-refractivity contribution >= 4 is 33.4 Å². The quantitative estimate of drug-likeness (QED) is 0.891. The van der Waals surface area contributed by atoms with E-state index in [4.69, 9.17) is 4.42 Å². The van der Waals surface area contributed by atoms with Gasteiger partial charge in [-0.2, -0.15) is 0 Å². The maximum atomic E-state index is 11.9. The fourth-order valence-corrected chi connectivity index (χ4v) is 2.14. The molecule has 21 heavy (non-hydrogen) atoms. The van der Waals surface area contributed by atoms with Crippen molar-refractivity contribution < 1.29 is 14.0 Å². The van der Waals surface area contributed by atoms with Gasteiger partial charge in [0, 0.05) is 17.3 Å². The van der Waals surface area contributed by atoms with E-state index in [0.717, 1.165) is 12.8 Å². The predicted octanol–water partition coefficient (Wildman–Crippen LogP) is 3.19. The fourth-order valence-electron chi connectivity index (χ4n) is 1.83. The zero-order valence-corrected chi connectivity index (χ0v) is 12.6. The van der Waals surface area contributed by atoms with Gasteiger partial charge in [0.2, 0.25) is 0 Å². The number of benzene rings is 1. The van der Waals surface area contributed by atoms with Gasteiger partial charge in [-0.1, -0.05) is 0 Å². The highest BCUT2D eigenvalue weighted by Gasteiger charge is 2.23. The van der Waals surface area contributed by atoms with Crippen LogP contribution in [-0.4, -0.2) is 17.9 Å². The second-order valence-corrected chi connectivity index (χ2v) is 5.66. The van der Waals surface area contributed by atoms with Gasteiger partial charge in [0.25, 0.3) is 11.8 Å². The summed E-state index contributed by atoms with van der Waals surface area (Å²) in [5.74, 6) is -0.196. The van der Waals surface area contributed by atoms with E-state index in [9.17, 15) is 9.59 Å². The van der Waals surface area contributed by atoms with Crippen LogP contribution in [0.15, 0.2) is 45.5 Å². The summed E-state index contributed by atoms with van der Waals surface area (Å²) in [6, 6.07) is 10.3. The SMILES string of the molecule is O=C(NC1CC1)c1ccc(NC(=O)c2ccc(Br)o2)cc1. The average molecular weight is 349 g/mol. The van der Waals surface area contributed by atoms with Crippen LogP contribution >= 0.6 is 15.9 Å². The first-order chi connectivity index (χ1) is 10.1. The Kier molecular flexibility index (Phi) is 3.79. The molecule has 1 heterocycles. The lowest BCUT2D eigenvalue weighted by atomic mass is 10.2. The van der Waals surface area contributed by atoms with Crippen molar-refractivity contribution in [2.45, 2.75) is 18.9 Å². The van der Waals surface area contributed by atoms with E-state index in [1.54, 1.807) is 36.4 Å². The Balaban J connectivity index is 1.63. The van der Waals surface area contributed by atoms with E-state index in [-0.39, 0.29) is 17.6 Å². The van der Waals surface area contributed by atoms with Crippen molar-refractivity contribution in [3.8, 4) is 0 Å². The van der Waals surface area contributed by atoms with E-state index < -0.39 is 0 Å². The molecular formula is C15H13BrN2O3. The Morgan fingerprint density at radius 1 is 1.05 bits per heavy atom. The summed E-state index contributed by atoms with van der Waals surface area (Å²) < 4.78 is 5.67. The number of halogens is 1. The van der Waals surface area contributed by atoms with Gasteiger partial charge in [-0.3, -0.25) is 9.59 Å². The first-order valence-corrected chi connectivity index (χ1v) is 7.39. The molecule has 2 aromatic rings. The molecule has 1 saturated carbocycles. The lowest BCUT2D eigenvalue weighted by Crippen LogP contribution is -2.25. The standard InChI is InChI=1S/C15H13BrN2O3/c16-13-8-7-12(21-13)15(20)18-10-3-1-9(2-4-10)14(19)17-11-5-6-11/h1-4,7-8,11H,5-6H2,(H,17,19)(H,18,20). The maximum absolute atomic E-state index is 11.9. The smallest absolute Gasteiger partial charge is 0.291 e. The third-order valence-electron chi connectivity index (χ3n) is 3.11. The average Bonchev–Trinajstić information content (AvgIpc) is 3.17. The van der Waals surface area contributed by atoms with Crippen LogP contribution in [0.3, 0.4) is 0 Å². The van der Waals surface area contributed by atoms with E-state index in [1.165, 1.54) is 0 Å². The topological polar surface area (TPSA) is 71.3 Å². The number of carbonyl (C=O) groups is 2. The van der Waals surface area contributed by atoms with Crippen molar-refractivity contribution in [2.24, 2.45) is 0 Å². The molecule has 1 fully saturated rings. The Morgan fingerprint density at radius 2 is 1.76 bits per heavy atom. The van der Waals surface area contributed by atoms with Gasteiger partial charge in [0.05, 0.1) is 0 Å². The molecule has 1 aliphatic carbocycles. The van der Waals surface area contributed by atoms with Crippen molar-refractivity contribution in [1.82, 2.24) is 5.32 Å². The number of carbonyl (C=O) groups excluding carboxylic acids is 2. The molecule has 1 aromatic heterocycles. The molecule has 6 heteroatoms. The molecule has 3 rings (SSSR count). The Bertz CT molecular complexity index is 674.